The molecule has 0 spiro atoms. The molecule has 1 atom stereocenters. The number of hydrogen-bond acceptors (Lipinski definition) is 7. The van der Waals surface area contributed by atoms with Crippen molar-refractivity contribution in [2.75, 3.05) is 27.9 Å². The van der Waals surface area contributed by atoms with E-state index in [9.17, 15) is 13.2 Å². The molecule has 0 radical (unpaired) electrons. The van der Waals surface area contributed by atoms with Crippen LogP contribution < -0.4 is 19.5 Å². The average molecular weight is 457 g/mol. The lowest BCUT2D eigenvalue weighted by molar-refractivity contribution is 0.0953. The van der Waals surface area contributed by atoms with Gasteiger partial charge in [-0.15, -0.1) is 0 Å². The highest BCUT2D eigenvalue weighted by Crippen LogP contribution is 2.30. The standard InChI is InChI=1S/C23H24N2O6S/c1-29-18-7-9-19(10-8-18)32(27,28)22(17-5-4-12-24-14-17)15-25-23(26)16-6-11-20(30-2)21(13-16)31-3/h4-14,22H,15H2,1-3H3,(H,25,26)/t22-/m1/s1. The number of ether oxygens (including phenoxy) is 3. The van der Waals surface area contributed by atoms with E-state index in [1.807, 2.05) is 0 Å². The van der Waals surface area contributed by atoms with Gasteiger partial charge in [-0.05, 0) is 54.1 Å². The molecule has 0 aliphatic carbocycles. The van der Waals surface area contributed by atoms with Gasteiger partial charge in [-0.25, -0.2) is 8.42 Å². The molecule has 1 aromatic heterocycles. The highest BCUT2D eigenvalue weighted by Gasteiger charge is 2.30. The third-order valence-electron chi connectivity index (χ3n) is 4.91. The summed E-state index contributed by atoms with van der Waals surface area (Å²) in [5.41, 5.74) is 0.783. The van der Waals surface area contributed by atoms with E-state index in [0.29, 0.717) is 28.4 Å². The van der Waals surface area contributed by atoms with Crippen LogP contribution in [0.25, 0.3) is 0 Å². The smallest absolute Gasteiger partial charge is 0.251 e. The second kappa shape index (κ2) is 10.1. The number of rotatable bonds is 9. The lowest BCUT2D eigenvalue weighted by atomic mass is 10.1. The van der Waals surface area contributed by atoms with E-state index in [0.717, 1.165) is 0 Å². The van der Waals surface area contributed by atoms with Crippen molar-refractivity contribution in [2.24, 2.45) is 0 Å². The van der Waals surface area contributed by atoms with Crippen LogP contribution in [0.2, 0.25) is 0 Å². The molecule has 2 aromatic carbocycles. The summed E-state index contributed by atoms with van der Waals surface area (Å²) < 4.78 is 42.3. The van der Waals surface area contributed by atoms with Crippen molar-refractivity contribution in [3.63, 3.8) is 0 Å². The van der Waals surface area contributed by atoms with Crippen molar-refractivity contribution in [1.29, 1.82) is 0 Å². The van der Waals surface area contributed by atoms with Crippen LogP contribution in [-0.2, 0) is 9.84 Å². The van der Waals surface area contributed by atoms with Crippen molar-refractivity contribution < 1.29 is 27.4 Å². The topological polar surface area (TPSA) is 104 Å². The molecule has 1 heterocycles. The van der Waals surface area contributed by atoms with Crippen LogP contribution >= 0.6 is 0 Å². The zero-order chi connectivity index (χ0) is 23.1. The first-order valence-corrected chi connectivity index (χ1v) is 11.2. The van der Waals surface area contributed by atoms with Gasteiger partial charge in [-0.2, -0.15) is 0 Å². The molecular formula is C23H24N2O6S. The Morgan fingerprint density at radius 3 is 2.28 bits per heavy atom. The van der Waals surface area contributed by atoms with Gasteiger partial charge >= 0.3 is 0 Å². The van der Waals surface area contributed by atoms with Gasteiger partial charge in [0.2, 0.25) is 0 Å². The van der Waals surface area contributed by atoms with E-state index in [-0.39, 0.29) is 11.4 Å². The lowest BCUT2D eigenvalue weighted by Crippen LogP contribution is -2.32. The van der Waals surface area contributed by atoms with Crippen molar-refractivity contribution in [1.82, 2.24) is 10.3 Å². The molecule has 0 aliphatic rings. The van der Waals surface area contributed by atoms with Gasteiger partial charge in [0.25, 0.3) is 5.91 Å². The van der Waals surface area contributed by atoms with Crippen molar-refractivity contribution in [3.8, 4) is 17.2 Å². The van der Waals surface area contributed by atoms with Crippen LogP contribution in [0.15, 0.2) is 71.9 Å². The first kappa shape index (κ1) is 23.1. The summed E-state index contributed by atoms with van der Waals surface area (Å²) in [6.45, 7) is -0.146. The first-order valence-electron chi connectivity index (χ1n) is 9.68. The Labute approximate surface area is 187 Å². The molecule has 168 valence electrons. The molecule has 0 saturated carbocycles. The first-order chi connectivity index (χ1) is 15.4. The molecular weight excluding hydrogens is 432 g/mol. The molecule has 9 heteroatoms. The lowest BCUT2D eigenvalue weighted by Gasteiger charge is -2.19. The number of carbonyl (C=O) groups excluding carboxylic acids is 1. The summed E-state index contributed by atoms with van der Waals surface area (Å²) in [7, 11) is 0.642. The molecule has 0 aliphatic heterocycles. The Bertz CT molecular complexity index is 1160. The van der Waals surface area contributed by atoms with Crippen LogP contribution in [0.4, 0.5) is 0 Å². The number of hydrogen-bond donors (Lipinski definition) is 1. The SMILES string of the molecule is COc1ccc(S(=O)(=O)[C@H](CNC(=O)c2ccc(OC)c(OC)c2)c2cccnc2)cc1. The van der Waals surface area contributed by atoms with Gasteiger partial charge in [0.15, 0.2) is 21.3 Å². The number of carbonyl (C=O) groups is 1. The van der Waals surface area contributed by atoms with Gasteiger partial charge in [0.05, 0.1) is 26.2 Å². The minimum atomic E-state index is -3.84. The molecule has 32 heavy (non-hydrogen) atoms. The fourth-order valence-electron chi connectivity index (χ4n) is 3.17. The van der Waals surface area contributed by atoms with Crippen molar-refractivity contribution in [3.05, 3.63) is 78.1 Å². The molecule has 3 aromatic rings. The van der Waals surface area contributed by atoms with Crippen molar-refractivity contribution in [2.45, 2.75) is 10.1 Å². The number of benzene rings is 2. The zero-order valence-corrected chi connectivity index (χ0v) is 18.8. The van der Waals surface area contributed by atoms with Crippen LogP contribution in [-0.4, -0.2) is 47.2 Å². The second-order valence-corrected chi connectivity index (χ2v) is 8.91. The third-order valence-corrected chi connectivity index (χ3v) is 7.03. The Morgan fingerprint density at radius 2 is 1.69 bits per heavy atom. The highest BCUT2D eigenvalue weighted by molar-refractivity contribution is 7.91. The molecule has 1 amide bonds. The van der Waals surface area contributed by atoms with Gasteiger partial charge in [0, 0.05) is 24.5 Å². The second-order valence-electron chi connectivity index (χ2n) is 6.78. The Hall–Kier alpha value is -3.59. The minimum absolute atomic E-state index is 0.118. The number of amides is 1. The summed E-state index contributed by atoms with van der Waals surface area (Å²) in [6.07, 6.45) is 3.04. The number of sulfone groups is 1. The van der Waals surface area contributed by atoms with Crippen LogP contribution in [0.3, 0.4) is 0 Å². The van der Waals surface area contributed by atoms with E-state index >= 15 is 0 Å². The number of nitrogens with zero attached hydrogens (tertiary/aromatic N) is 1. The predicted octanol–water partition coefficient (Wildman–Crippen LogP) is 3.05. The van der Waals surface area contributed by atoms with E-state index in [2.05, 4.69) is 10.3 Å². The van der Waals surface area contributed by atoms with Gasteiger partial charge < -0.3 is 19.5 Å². The Kier molecular flexibility index (Phi) is 7.32. The normalized spacial score (nSPS) is 12.0. The minimum Gasteiger partial charge on any atom is -0.497 e. The van der Waals surface area contributed by atoms with Gasteiger partial charge in [-0.3, -0.25) is 9.78 Å². The number of pyridine rings is 1. The maximum atomic E-state index is 13.4. The molecule has 0 fully saturated rings. The molecule has 0 unspecified atom stereocenters. The largest absolute Gasteiger partial charge is 0.497 e. The van der Waals surface area contributed by atoms with E-state index in [1.165, 1.54) is 45.7 Å². The monoisotopic (exact) mass is 456 g/mol. The molecule has 3 rings (SSSR count). The highest BCUT2D eigenvalue weighted by atomic mass is 32.2. The average Bonchev–Trinajstić information content (AvgIpc) is 2.84. The quantitative estimate of drug-likeness (QED) is 0.528. The summed E-state index contributed by atoms with van der Waals surface area (Å²) >= 11 is 0. The maximum Gasteiger partial charge on any atom is 0.251 e. The van der Waals surface area contributed by atoms with Crippen LogP contribution in [0, 0.1) is 0 Å². The van der Waals surface area contributed by atoms with E-state index < -0.39 is 21.0 Å². The fraction of sp³-hybridized carbons (Fsp3) is 0.217. The number of aromatic nitrogens is 1. The molecule has 8 nitrogen and oxygen atoms in total. The summed E-state index contributed by atoms with van der Waals surface area (Å²) in [6, 6.07) is 14.2. The molecule has 0 saturated heterocycles. The third kappa shape index (κ3) is 5.00. The van der Waals surface area contributed by atoms with E-state index in [1.54, 1.807) is 42.6 Å². The summed E-state index contributed by atoms with van der Waals surface area (Å²) in [4.78, 5) is 16.9. The van der Waals surface area contributed by atoms with Crippen LogP contribution in [0.5, 0.6) is 17.2 Å². The molecule has 1 N–H and O–H groups in total. The Morgan fingerprint density at radius 1 is 0.969 bits per heavy atom. The fourth-order valence-corrected chi connectivity index (χ4v) is 4.81. The Balaban J connectivity index is 1.88. The van der Waals surface area contributed by atoms with Gasteiger partial charge in [-0.1, -0.05) is 6.07 Å². The van der Waals surface area contributed by atoms with Crippen molar-refractivity contribution >= 4 is 15.7 Å². The van der Waals surface area contributed by atoms with Gasteiger partial charge in [0.1, 0.15) is 11.0 Å². The predicted molar refractivity (Wildman–Crippen MR) is 119 cm³/mol. The summed E-state index contributed by atoms with van der Waals surface area (Å²) in [5, 5.41) is 1.68. The summed E-state index contributed by atoms with van der Waals surface area (Å²) in [5.74, 6) is 0.989. The molecule has 0 bridgehead atoms. The van der Waals surface area contributed by atoms with E-state index in [4.69, 9.17) is 14.2 Å². The van der Waals surface area contributed by atoms with Crippen LogP contribution in [0.1, 0.15) is 21.2 Å². The zero-order valence-electron chi connectivity index (χ0n) is 17.9. The number of methoxy groups -OCH3 is 3. The number of nitrogens with one attached hydrogen (secondary N) is 1. The maximum absolute atomic E-state index is 13.4.